The topological polar surface area (TPSA) is 34.1 Å². The van der Waals surface area contributed by atoms with E-state index < -0.39 is 0 Å². The highest BCUT2D eigenvalue weighted by molar-refractivity contribution is 7.09. The molecule has 19 heavy (non-hydrogen) atoms. The van der Waals surface area contributed by atoms with Crippen LogP contribution in [0.3, 0.4) is 0 Å². The van der Waals surface area contributed by atoms with Crippen LogP contribution < -0.4 is 5.32 Å². The van der Waals surface area contributed by atoms with Gasteiger partial charge in [0.25, 0.3) is 0 Å². The van der Waals surface area contributed by atoms with Crippen LogP contribution in [0.2, 0.25) is 5.02 Å². The number of thiazole rings is 1. The molecule has 3 nitrogen and oxygen atoms in total. The first-order valence-corrected chi connectivity index (χ1v) is 7.36. The molecule has 2 aromatic rings. The molecule has 2 rings (SSSR count). The molecule has 1 atom stereocenters. The van der Waals surface area contributed by atoms with Crippen molar-refractivity contribution in [3.05, 3.63) is 50.9 Å². The van der Waals surface area contributed by atoms with Gasteiger partial charge in [-0.1, -0.05) is 23.7 Å². The monoisotopic (exact) mass is 296 g/mol. The number of halogens is 1. The van der Waals surface area contributed by atoms with Crippen molar-refractivity contribution in [3.63, 3.8) is 0 Å². The number of hydrogen-bond acceptors (Lipinski definition) is 4. The fraction of sp³-hybridized carbons (Fsp3) is 0.357. The summed E-state index contributed by atoms with van der Waals surface area (Å²) in [5.41, 5.74) is 2.17. The van der Waals surface area contributed by atoms with Crippen LogP contribution in [0.1, 0.15) is 22.3 Å². The van der Waals surface area contributed by atoms with Crippen molar-refractivity contribution in [3.8, 4) is 0 Å². The molecule has 0 aliphatic carbocycles. The lowest BCUT2D eigenvalue weighted by Crippen LogP contribution is -2.26. The summed E-state index contributed by atoms with van der Waals surface area (Å²) in [6.45, 7) is 3.44. The van der Waals surface area contributed by atoms with Crippen LogP contribution >= 0.6 is 22.9 Å². The van der Waals surface area contributed by atoms with E-state index in [4.69, 9.17) is 16.3 Å². The predicted octanol–water partition coefficient (Wildman–Crippen LogP) is 3.43. The average molecular weight is 297 g/mol. The van der Waals surface area contributed by atoms with Gasteiger partial charge in [-0.15, -0.1) is 11.3 Å². The minimum atomic E-state index is 0.0625. The molecule has 0 spiro atoms. The third kappa shape index (κ3) is 4.01. The van der Waals surface area contributed by atoms with E-state index in [9.17, 15) is 0 Å². The van der Waals surface area contributed by atoms with Gasteiger partial charge in [0.15, 0.2) is 0 Å². The minimum absolute atomic E-state index is 0.0625. The number of aryl methyl sites for hydroxylation is 1. The lowest BCUT2D eigenvalue weighted by Gasteiger charge is -2.17. The van der Waals surface area contributed by atoms with Gasteiger partial charge in [0.1, 0.15) is 5.01 Å². The second kappa shape index (κ2) is 7.01. The molecular formula is C14H17ClN2OS. The predicted molar refractivity (Wildman–Crippen MR) is 80.0 cm³/mol. The van der Waals surface area contributed by atoms with Gasteiger partial charge in [0.2, 0.25) is 0 Å². The molecular weight excluding hydrogens is 280 g/mol. The van der Waals surface area contributed by atoms with Crippen LogP contribution in [0.15, 0.2) is 29.6 Å². The number of rotatable bonds is 6. The minimum Gasteiger partial charge on any atom is -0.383 e. The van der Waals surface area contributed by atoms with E-state index in [0.29, 0.717) is 6.61 Å². The number of benzene rings is 1. The number of aromatic nitrogens is 1. The summed E-state index contributed by atoms with van der Waals surface area (Å²) < 4.78 is 5.09. The fourth-order valence-electron chi connectivity index (χ4n) is 1.84. The molecule has 0 saturated carbocycles. The van der Waals surface area contributed by atoms with E-state index in [1.165, 1.54) is 0 Å². The Labute approximate surface area is 122 Å². The molecule has 0 bridgehead atoms. The van der Waals surface area contributed by atoms with Crippen molar-refractivity contribution in [1.29, 1.82) is 0 Å². The molecule has 1 N–H and O–H groups in total. The van der Waals surface area contributed by atoms with Gasteiger partial charge < -0.3 is 10.1 Å². The van der Waals surface area contributed by atoms with Gasteiger partial charge in [-0.05, 0) is 24.6 Å². The largest absolute Gasteiger partial charge is 0.383 e. The first-order chi connectivity index (χ1) is 9.20. The van der Waals surface area contributed by atoms with Crippen molar-refractivity contribution in [1.82, 2.24) is 10.3 Å². The summed E-state index contributed by atoms with van der Waals surface area (Å²) in [7, 11) is 1.70. The first-order valence-electron chi connectivity index (χ1n) is 6.10. The number of hydrogen-bond donors (Lipinski definition) is 1. The van der Waals surface area contributed by atoms with E-state index in [0.717, 1.165) is 27.8 Å². The van der Waals surface area contributed by atoms with E-state index in [1.54, 1.807) is 18.4 Å². The molecule has 0 fully saturated rings. The van der Waals surface area contributed by atoms with Crippen molar-refractivity contribution in [2.24, 2.45) is 0 Å². The summed E-state index contributed by atoms with van der Waals surface area (Å²) in [4.78, 5) is 4.57. The van der Waals surface area contributed by atoms with Crippen molar-refractivity contribution >= 4 is 22.9 Å². The van der Waals surface area contributed by atoms with Crippen molar-refractivity contribution in [2.45, 2.75) is 13.0 Å². The van der Waals surface area contributed by atoms with Gasteiger partial charge >= 0.3 is 0 Å². The SMILES string of the molecule is COCCNC(c1cccc(Cl)c1)c1nc(C)cs1. The standard InChI is InChI=1S/C14H17ClN2OS/c1-10-9-19-14(17-10)13(16-6-7-18-2)11-4-3-5-12(15)8-11/h3-5,8-9,13,16H,6-7H2,1-2H3. The van der Waals surface area contributed by atoms with Crippen LogP contribution in [0, 0.1) is 6.92 Å². The van der Waals surface area contributed by atoms with Gasteiger partial charge in [0, 0.05) is 29.8 Å². The third-order valence-electron chi connectivity index (χ3n) is 2.72. The smallest absolute Gasteiger partial charge is 0.114 e. The highest BCUT2D eigenvalue weighted by Gasteiger charge is 2.17. The van der Waals surface area contributed by atoms with Crippen molar-refractivity contribution in [2.75, 3.05) is 20.3 Å². The van der Waals surface area contributed by atoms with Crippen LogP contribution in [0.4, 0.5) is 0 Å². The number of ether oxygens (including phenoxy) is 1. The third-order valence-corrected chi connectivity index (χ3v) is 3.98. The Kier molecular flexibility index (Phi) is 5.34. The molecule has 5 heteroatoms. The molecule has 0 aliphatic rings. The van der Waals surface area contributed by atoms with Crippen LogP contribution in [-0.4, -0.2) is 25.2 Å². The van der Waals surface area contributed by atoms with Gasteiger partial charge in [-0.25, -0.2) is 4.98 Å². The number of nitrogens with zero attached hydrogens (tertiary/aromatic N) is 1. The number of methoxy groups -OCH3 is 1. The Morgan fingerprint density at radius 3 is 2.95 bits per heavy atom. The molecule has 0 aliphatic heterocycles. The Hall–Kier alpha value is -0.940. The highest BCUT2D eigenvalue weighted by atomic mass is 35.5. The van der Waals surface area contributed by atoms with Gasteiger partial charge in [-0.2, -0.15) is 0 Å². The molecule has 1 aromatic carbocycles. The maximum absolute atomic E-state index is 6.07. The van der Waals surface area contributed by atoms with E-state index >= 15 is 0 Å². The maximum Gasteiger partial charge on any atom is 0.114 e. The summed E-state index contributed by atoms with van der Waals surface area (Å²) in [5.74, 6) is 0. The molecule has 102 valence electrons. The summed E-state index contributed by atoms with van der Waals surface area (Å²) >= 11 is 7.73. The second-order valence-corrected chi connectivity index (χ2v) is 5.59. The quantitative estimate of drug-likeness (QED) is 0.829. The fourth-order valence-corrected chi connectivity index (χ4v) is 2.94. The zero-order chi connectivity index (χ0) is 13.7. The van der Waals surface area contributed by atoms with Gasteiger partial charge in [0.05, 0.1) is 12.6 Å². The zero-order valence-electron chi connectivity index (χ0n) is 11.0. The number of nitrogens with one attached hydrogen (secondary N) is 1. The molecule has 0 amide bonds. The second-order valence-electron chi connectivity index (χ2n) is 4.26. The molecule has 1 heterocycles. The van der Waals surface area contributed by atoms with E-state index in [-0.39, 0.29) is 6.04 Å². The molecule has 0 saturated heterocycles. The van der Waals surface area contributed by atoms with Crippen LogP contribution in [0.5, 0.6) is 0 Å². The molecule has 1 aromatic heterocycles. The lowest BCUT2D eigenvalue weighted by molar-refractivity contribution is 0.197. The lowest BCUT2D eigenvalue weighted by atomic mass is 10.1. The summed E-state index contributed by atoms with van der Waals surface area (Å²) in [5, 5.41) is 7.31. The summed E-state index contributed by atoms with van der Waals surface area (Å²) in [6, 6.07) is 7.94. The summed E-state index contributed by atoms with van der Waals surface area (Å²) in [6.07, 6.45) is 0. The van der Waals surface area contributed by atoms with Crippen molar-refractivity contribution < 1.29 is 4.74 Å². The van der Waals surface area contributed by atoms with E-state index in [1.807, 2.05) is 25.1 Å². The van der Waals surface area contributed by atoms with Crippen LogP contribution in [-0.2, 0) is 4.74 Å². The van der Waals surface area contributed by atoms with Gasteiger partial charge in [-0.3, -0.25) is 0 Å². The highest BCUT2D eigenvalue weighted by Crippen LogP contribution is 2.26. The first kappa shape index (κ1) is 14.5. The Balaban J connectivity index is 2.23. The van der Waals surface area contributed by atoms with E-state index in [2.05, 4.69) is 21.7 Å². The average Bonchev–Trinajstić information content (AvgIpc) is 2.81. The van der Waals surface area contributed by atoms with Crippen LogP contribution in [0.25, 0.3) is 0 Å². The Morgan fingerprint density at radius 2 is 2.32 bits per heavy atom. The Morgan fingerprint density at radius 1 is 1.47 bits per heavy atom. The zero-order valence-corrected chi connectivity index (χ0v) is 12.6. The molecule has 0 radical (unpaired) electrons. The maximum atomic E-state index is 6.07. The Bertz CT molecular complexity index is 530. The molecule has 1 unspecified atom stereocenters. The normalized spacial score (nSPS) is 12.6.